The van der Waals surface area contributed by atoms with Crippen LogP contribution >= 0.6 is 12.2 Å². The molecule has 1 aromatic carbocycles. The van der Waals surface area contributed by atoms with E-state index in [0.717, 1.165) is 40.6 Å². The smallest absolute Gasteiger partial charge is 0.174 e. The molecule has 1 fully saturated rings. The van der Waals surface area contributed by atoms with Gasteiger partial charge in [0.05, 0.1) is 17.8 Å². The Morgan fingerprint density at radius 3 is 2.41 bits per heavy atom. The van der Waals surface area contributed by atoms with Gasteiger partial charge >= 0.3 is 0 Å². The third kappa shape index (κ3) is 3.88. The van der Waals surface area contributed by atoms with E-state index in [1.54, 1.807) is 0 Å². The van der Waals surface area contributed by atoms with E-state index in [0.29, 0.717) is 5.11 Å². The second-order valence-electron chi connectivity index (χ2n) is 8.87. The molecule has 3 aromatic heterocycles. The second-order valence-corrected chi connectivity index (χ2v) is 9.26. The summed E-state index contributed by atoms with van der Waals surface area (Å²) in [7, 11) is 0. The molecule has 0 spiro atoms. The molecular weight excluding hydrogens is 438 g/mol. The van der Waals surface area contributed by atoms with Crippen molar-refractivity contribution in [3.63, 3.8) is 0 Å². The van der Waals surface area contributed by atoms with E-state index >= 15 is 0 Å². The van der Waals surface area contributed by atoms with Crippen molar-refractivity contribution in [1.29, 1.82) is 0 Å². The number of nitrogens with zero attached hydrogens (tertiary/aromatic N) is 4. The zero-order valence-corrected chi connectivity index (χ0v) is 20.8. The molecule has 1 aliphatic heterocycles. The number of anilines is 1. The summed E-state index contributed by atoms with van der Waals surface area (Å²) in [5, 5.41) is 4.28. The predicted octanol–water partition coefficient (Wildman–Crippen LogP) is 5.93. The highest BCUT2D eigenvalue weighted by Crippen LogP contribution is 2.43. The Balaban J connectivity index is 1.66. The highest BCUT2D eigenvalue weighted by molar-refractivity contribution is 7.80. The van der Waals surface area contributed by atoms with E-state index in [9.17, 15) is 0 Å². The van der Waals surface area contributed by atoms with E-state index in [4.69, 9.17) is 17.2 Å². The van der Waals surface area contributed by atoms with Crippen molar-refractivity contribution in [2.24, 2.45) is 0 Å². The Bertz CT molecular complexity index is 1310. The lowest BCUT2D eigenvalue weighted by atomic mass is 9.96. The minimum atomic E-state index is -0.0699. The zero-order valence-electron chi connectivity index (χ0n) is 20.0. The number of pyridine rings is 2. The Labute approximate surface area is 206 Å². The number of nitrogens with one attached hydrogen (secondary N) is 1. The van der Waals surface area contributed by atoms with Crippen molar-refractivity contribution < 1.29 is 0 Å². The number of hydrogen-bond donors (Lipinski definition) is 1. The highest BCUT2D eigenvalue weighted by Gasteiger charge is 2.42. The zero-order chi connectivity index (χ0) is 23.8. The van der Waals surface area contributed by atoms with Gasteiger partial charge in [0.25, 0.3) is 0 Å². The SMILES string of the molecule is CCc1ccc(N2C(=S)N[C@@H](c3ccccn3)[C@@H]2c2cc(C)n(-c3ccc(C)cn3)c2C)cc1. The van der Waals surface area contributed by atoms with Crippen molar-refractivity contribution in [3.05, 3.63) is 107 Å². The third-order valence-electron chi connectivity index (χ3n) is 6.63. The van der Waals surface area contributed by atoms with Gasteiger partial charge in [0.1, 0.15) is 5.82 Å². The van der Waals surface area contributed by atoms with E-state index in [1.807, 2.05) is 24.5 Å². The van der Waals surface area contributed by atoms with Gasteiger partial charge in [0.2, 0.25) is 0 Å². The first-order valence-corrected chi connectivity index (χ1v) is 12.1. The van der Waals surface area contributed by atoms with Gasteiger partial charge in [-0.2, -0.15) is 0 Å². The molecule has 0 unspecified atom stereocenters. The van der Waals surface area contributed by atoms with Crippen molar-refractivity contribution >= 4 is 23.0 Å². The van der Waals surface area contributed by atoms with Crippen LogP contribution in [0.5, 0.6) is 0 Å². The maximum Gasteiger partial charge on any atom is 0.174 e. The minimum absolute atomic E-state index is 0.0414. The number of rotatable bonds is 5. The van der Waals surface area contributed by atoms with Crippen LogP contribution in [0.2, 0.25) is 0 Å². The fraction of sp³-hybridized carbons (Fsp3) is 0.250. The molecule has 5 rings (SSSR count). The molecule has 0 bridgehead atoms. The van der Waals surface area contributed by atoms with Gasteiger partial charge in [-0.1, -0.05) is 31.2 Å². The van der Waals surface area contributed by atoms with Crippen LogP contribution in [-0.2, 0) is 6.42 Å². The van der Waals surface area contributed by atoms with Crippen LogP contribution in [0.3, 0.4) is 0 Å². The predicted molar refractivity (Wildman–Crippen MR) is 142 cm³/mol. The average molecular weight is 468 g/mol. The number of thiocarbonyl (C=S) groups is 1. The minimum Gasteiger partial charge on any atom is -0.351 e. The molecule has 4 aromatic rings. The summed E-state index contributed by atoms with van der Waals surface area (Å²) in [5.41, 5.74) is 8.01. The van der Waals surface area contributed by atoms with Crippen LogP contribution < -0.4 is 10.2 Å². The number of aryl methyl sites for hydroxylation is 3. The van der Waals surface area contributed by atoms with Crippen LogP contribution in [0.4, 0.5) is 5.69 Å². The van der Waals surface area contributed by atoms with Crippen LogP contribution in [0.25, 0.3) is 5.82 Å². The largest absolute Gasteiger partial charge is 0.351 e. The maximum atomic E-state index is 5.90. The Morgan fingerprint density at radius 2 is 1.76 bits per heavy atom. The molecule has 1 N–H and O–H groups in total. The highest BCUT2D eigenvalue weighted by atomic mass is 32.1. The van der Waals surface area contributed by atoms with E-state index in [-0.39, 0.29) is 12.1 Å². The fourth-order valence-electron chi connectivity index (χ4n) is 4.87. The fourth-order valence-corrected chi connectivity index (χ4v) is 5.22. The van der Waals surface area contributed by atoms with Crippen molar-refractivity contribution in [2.75, 3.05) is 4.90 Å². The number of hydrogen-bond acceptors (Lipinski definition) is 3. The standard InChI is InChI=1S/C28H29N5S/c1-5-21-10-12-22(13-11-21)33-27(26(31-28(33)34)24-8-6-7-15-29-24)23-16-19(3)32(20(23)4)25-14-9-18(2)17-30-25/h6-17,26-27H,5H2,1-4H3,(H,31,34)/t26-,27-/m0/s1. The van der Waals surface area contributed by atoms with Crippen LogP contribution in [0.15, 0.2) is 73.1 Å². The van der Waals surface area contributed by atoms with Gasteiger partial charge in [-0.05, 0) is 92.5 Å². The summed E-state index contributed by atoms with van der Waals surface area (Å²) >= 11 is 5.90. The van der Waals surface area contributed by atoms with E-state index in [2.05, 4.69) is 96.0 Å². The van der Waals surface area contributed by atoms with Gasteiger partial charge in [0, 0.05) is 29.5 Å². The number of aromatic nitrogens is 3. The van der Waals surface area contributed by atoms with Crippen molar-refractivity contribution in [3.8, 4) is 5.82 Å². The molecule has 0 aliphatic carbocycles. The summed E-state index contributed by atoms with van der Waals surface area (Å²) in [6.45, 7) is 8.53. The Morgan fingerprint density at radius 1 is 0.971 bits per heavy atom. The summed E-state index contributed by atoms with van der Waals surface area (Å²) < 4.78 is 2.23. The lowest BCUT2D eigenvalue weighted by molar-refractivity contribution is 0.565. The van der Waals surface area contributed by atoms with Gasteiger partial charge in [-0.3, -0.25) is 4.98 Å². The van der Waals surface area contributed by atoms with E-state index < -0.39 is 0 Å². The topological polar surface area (TPSA) is 46.0 Å². The maximum absolute atomic E-state index is 5.90. The molecule has 34 heavy (non-hydrogen) atoms. The molecule has 6 heteroatoms. The van der Waals surface area contributed by atoms with Crippen molar-refractivity contribution in [1.82, 2.24) is 19.9 Å². The summed E-state index contributed by atoms with van der Waals surface area (Å²) in [5.74, 6) is 0.925. The molecule has 2 atom stereocenters. The number of benzene rings is 1. The second kappa shape index (κ2) is 9.03. The first-order valence-electron chi connectivity index (χ1n) is 11.7. The Hall–Kier alpha value is -3.51. The van der Waals surface area contributed by atoms with Crippen LogP contribution in [0, 0.1) is 20.8 Å². The summed E-state index contributed by atoms with van der Waals surface area (Å²) in [4.78, 5) is 11.6. The van der Waals surface area contributed by atoms with Gasteiger partial charge in [0.15, 0.2) is 5.11 Å². The summed E-state index contributed by atoms with van der Waals surface area (Å²) in [6.07, 6.45) is 4.77. The molecule has 0 radical (unpaired) electrons. The molecule has 172 valence electrons. The normalized spacial score (nSPS) is 17.8. The van der Waals surface area contributed by atoms with E-state index in [1.165, 1.54) is 11.1 Å². The lowest BCUT2D eigenvalue weighted by Gasteiger charge is -2.28. The van der Waals surface area contributed by atoms with Gasteiger partial charge in [-0.15, -0.1) is 0 Å². The molecule has 1 saturated heterocycles. The third-order valence-corrected chi connectivity index (χ3v) is 6.95. The van der Waals surface area contributed by atoms with Crippen LogP contribution in [-0.4, -0.2) is 19.6 Å². The monoisotopic (exact) mass is 467 g/mol. The van der Waals surface area contributed by atoms with Gasteiger partial charge in [-0.25, -0.2) is 4.98 Å². The first-order chi connectivity index (χ1) is 16.5. The summed E-state index contributed by atoms with van der Waals surface area (Å²) in [6, 6.07) is 21.1. The molecular formula is C28H29N5S. The lowest BCUT2D eigenvalue weighted by Crippen LogP contribution is -2.29. The average Bonchev–Trinajstić information content (AvgIpc) is 3.35. The molecule has 5 nitrogen and oxygen atoms in total. The van der Waals surface area contributed by atoms with Crippen molar-refractivity contribution in [2.45, 2.75) is 46.2 Å². The molecule has 4 heterocycles. The molecule has 0 saturated carbocycles. The molecule has 0 amide bonds. The van der Waals surface area contributed by atoms with Crippen LogP contribution in [0.1, 0.15) is 52.8 Å². The van der Waals surface area contributed by atoms with Gasteiger partial charge < -0.3 is 14.8 Å². The molecule has 1 aliphatic rings. The quantitative estimate of drug-likeness (QED) is 0.369. The Kier molecular flexibility index (Phi) is 5.92. The first kappa shape index (κ1) is 22.3.